The molecule has 2 aromatic rings. The molecule has 0 N–H and O–H groups in total. The molecule has 5 nitrogen and oxygen atoms in total. The van der Waals surface area contributed by atoms with E-state index in [0.717, 1.165) is 0 Å². The Morgan fingerprint density at radius 2 is 1.70 bits per heavy atom. The molecule has 116 valence electrons. The first kappa shape index (κ1) is 15.0. The third-order valence-corrected chi connectivity index (χ3v) is 3.75. The van der Waals surface area contributed by atoms with Gasteiger partial charge in [0.1, 0.15) is 11.5 Å². The quantitative estimate of drug-likeness (QED) is 0.641. The van der Waals surface area contributed by atoms with Gasteiger partial charge in [-0.3, -0.25) is 14.4 Å². The number of carbonyl (C=O) groups excluding carboxylic acids is 3. The summed E-state index contributed by atoms with van der Waals surface area (Å²) < 4.78 is 10.5. The lowest BCUT2D eigenvalue weighted by Gasteiger charge is -2.08. The molecule has 3 rings (SSSR count). The van der Waals surface area contributed by atoms with E-state index in [-0.39, 0.29) is 11.3 Å². The predicted octanol–water partition coefficient (Wildman–Crippen LogP) is 2.72. The summed E-state index contributed by atoms with van der Waals surface area (Å²) >= 11 is 0. The standard InChI is InChI=1S/C18H14O5/c1-10(19)12-5-8-15-14(9-12)17(21)18(23-15)16(20)11-3-6-13(22-2)7-4-11/h3-9,18H,1-2H3. The van der Waals surface area contributed by atoms with E-state index in [4.69, 9.17) is 9.47 Å². The average molecular weight is 310 g/mol. The van der Waals surface area contributed by atoms with Crippen molar-refractivity contribution in [2.45, 2.75) is 13.0 Å². The highest BCUT2D eigenvalue weighted by molar-refractivity contribution is 6.21. The molecular weight excluding hydrogens is 296 g/mol. The minimum absolute atomic E-state index is 0.148. The van der Waals surface area contributed by atoms with Gasteiger partial charge < -0.3 is 9.47 Å². The number of benzene rings is 2. The van der Waals surface area contributed by atoms with Gasteiger partial charge in [0.15, 0.2) is 5.78 Å². The monoisotopic (exact) mass is 310 g/mol. The lowest BCUT2D eigenvalue weighted by molar-refractivity contribution is 0.0720. The minimum atomic E-state index is -1.21. The maximum absolute atomic E-state index is 12.5. The molecule has 0 aliphatic carbocycles. The van der Waals surface area contributed by atoms with Crippen LogP contribution in [0.5, 0.6) is 11.5 Å². The first-order valence-electron chi connectivity index (χ1n) is 7.05. The molecule has 0 saturated heterocycles. The highest BCUT2D eigenvalue weighted by Gasteiger charge is 2.38. The van der Waals surface area contributed by atoms with E-state index in [1.807, 2.05) is 0 Å². The van der Waals surface area contributed by atoms with Crippen LogP contribution in [0.1, 0.15) is 38.0 Å². The highest BCUT2D eigenvalue weighted by atomic mass is 16.5. The van der Waals surface area contributed by atoms with Crippen molar-refractivity contribution < 1.29 is 23.9 Å². The maximum Gasteiger partial charge on any atom is 0.224 e. The van der Waals surface area contributed by atoms with Crippen molar-refractivity contribution in [3.05, 3.63) is 59.2 Å². The smallest absolute Gasteiger partial charge is 0.224 e. The Kier molecular flexibility index (Phi) is 3.70. The highest BCUT2D eigenvalue weighted by Crippen LogP contribution is 2.31. The van der Waals surface area contributed by atoms with Crippen LogP contribution >= 0.6 is 0 Å². The van der Waals surface area contributed by atoms with Crippen LogP contribution in [0.25, 0.3) is 0 Å². The SMILES string of the molecule is COc1ccc(C(=O)C2Oc3ccc(C(C)=O)cc3C2=O)cc1. The van der Waals surface area contributed by atoms with Crippen molar-refractivity contribution in [1.29, 1.82) is 0 Å². The fourth-order valence-electron chi connectivity index (χ4n) is 2.45. The van der Waals surface area contributed by atoms with Crippen LogP contribution in [-0.4, -0.2) is 30.6 Å². The summed E-state index contributed by atoms with van der Waals surface area (Å²) in [4.78, 5) is 36.3. The van der Waals surface area contributed by atoms with Gasteiger partial charge in [0.25, 0.3) is 0 Å². The number of carbonyl (C=O) groups is 3. The third-order valence-electron chi connectivity index (χ3n) is 3.75. The van der Waals surface area contributed by atoms with Gasteiger partial charge in [-0.25, -0.2) is 0 Å². The van der Waals surface area contributed by atoms with Gasteiger partial charge in [-0.15, -0.1) is 0 Å². The zero-order valence-electron chi connectivity index (χ0n) is 12.7. The first-order chi connectivity index (χ1) is 11.0. The van der Waals surface area contributed by atoms with E-state index in [1.54, 1.807) is 36.4 Å². The zero-order chi connectivity index (χ0) is 16.6. The Balaban J connectivity index is 1.88. The second-order valence-electron chi connectivity index (χ2n) is 5.22. The summed E-state index contributed by atoms with van der Waals surface area (Å²) in [6.07, 6.45) is -1.21. The average Bonchev–Trinajstić information content (AvgIpc) is 2.90. The van der Waals surface area contributed by atoms with Crippen LogP contribution in [0.2, 0.25) is 0 Å². The van der Waals surface area contributed by atoms with Crippen molar-refractivity contribution in [2.75, 3.05) is 7.11 Å². The van der Waals surface area contributed by atoms with Gasteiger partial charge in [-0.2, -0.15) is 0 Å². The molecule has 0 saturated carbocycles. The molecule has 23 heavy (non-hydrogen) atoms. The van der Waals surface area contributed by atoms with E-state index in [1.165, 1.54) is 20.1 Å². The zero-order valence-corrected chi connectivity index (χ0v) is 12.7. The number of rotatable bonds is 4. The summed E-state index contributed by atoms with van der Waals surface area (Å²) in [7, 11) is 1.53. The summed E-state index contributed by atoms with van der Waals surface area (Å²) in [6, 6.07) is 11.1. The Hall–Kier alpha value is -2.95. The number of ketones is 3. The molecule has 0 fully saturated rings. The molecule has 1 aliphatic heterocycles. The second kappa shape index (κ2) is 5.68. The van der Waals surface area contributed by atoms with Crippen LogP contribution in [0.3, 0.4) is 0 Å². The summed E-state index contributed by atoms with van der Waals surface area (Å²) in [5, 5.41) is 0. The number of ether oxygens (including phenoxy) is 2. The van der Waals surface area contributed by atoms with E-state index in [9.17, 15) is 14.4 Å². The molecule has 1 unspecified atom stereocenters. The maximum atomic E-state index is 12.5. The Bertz CT molecular complexity index is 805. The van der Waals surface area contributed by atoms with Gasteiger partial charge in [-0.1, -0.05) is 0 Å². The fraction of sp³-hybridized carbons (Fsp3) is 0.167. The van der Waals surface area contributed by atoms with Crippen molar-refractivity contribution in [3.8, 4) is 11.5 Å². The molecule has 0 amide bonds. The number of methoxy groups -OCH3 is 1. The normalized spacial score (nSPS) is 15.7. The van der Waals surface area contributed by atoms with Gasteiger partial charge >= 0.3 is 0 Å². The lowest BCUT2D eigenvalue weighted by Crippen LogP contribution is -2.30. The Labute approximate surface area is 132 Å². The largest absolute Gasteiger partial charge is 0.497 e. The second-order valence-corrected chi connectivity index (χ2v) is 5.22. The lowest BCUT2D eigenvalue weighted by atomic mass is 9.99. The predicted molar refractivity (Wildman–Crippen MR) is 82.5 cm³/mol. The summed E-state index contributed by atoms with van der Waals surface area (Å²) in [6.45, 7) is 1.42. The molecule has 1 atom stereocenters. The Morgan fingerprint density at radius 1 is 1.04 bits per heavy atom. The topological polar surface area (TPSA) is 69.7 Å². The molecule has 0 spiro atoms. The summed E-state index contributed by atoms with van der Waals surface area (Å²) in [5.41, 5.74) is 1.05. The van der Waals surface area contributed by atoms with Gasteiger partial charge in [-0.05, 0) is 49.4 Å². The molecule has 0 aromatic heterocycles. The van der Waals surface area contributed by atoms with Crippen LogP contribution < -0.4 is 9.47 Å². The minimum Gasteiger partial charge on any atom is -0.497 e. The Morgan fingerprint density at radius 3 is 2.30 bits per heavy atom. The number of fused-ring (bicyclic) bond motifs is 1. The molecule has 1 heterocycles. The molecule has 1 aliphatic rings. The van der Waals surface area contributed by atoms with E-state index >= 15 is 0 Å². The van der Waals surface area contributed by atoms with E-state index in [2.05, 4.69) is 0 Å². The van der Waals surface area contributed by atoms with Crippen LogP contribution in [0, 0.1) is 0 Å². The van der Waals surface area contributed by atoms with Crippen molar-refractivity contribution in [2.24, 2.45) is 0 Å². The van der Waals surface area contributed by atoms with Gasteiger partial charge in [0.2, 0.25) is 17.7 Å². The van der Waals surface area contributed by atoms with E-state index < -0.39 is 17.7 Å². The molecule has 0 bridgehead atoms. The first-order valence-corrected chi connectivity index (χ1v) is 7.05. The molecule has 5 heteroatoms. The molecule has 0 radical (unpaired) electrons. The number of hydrogen-bond donors (Lipinski definition) is 0. The number of Topliss-reactive ketones (excluding diaryl/α,β-unsaturated/α-hetero) is 3. The number of hydrogen-bond acceptors (Lipinski definition) is 5. The van der Waals surface area contributed by atoms with Gasteiger partial charge in [0, 0.05) is 11.1 Å². The van der Waals surface area contributed by atoms with Crippen molar-refractivity contribution in [1.82, 2.24) is 0 Å². The fourth-order valence-corrected chi connectivity index (χ4v) is 2.45. The van der Waals surface area contributed by atoms with Gasteiger partial charge in [0.05, 0.1) is 12.7 Å². The summed E-state index contributed by atoms with van der Waals surface area (Å²) in [5.74, 6) is -0.0471. The van der Waals surface area contributed by atoms with Crippen LogP contribution in [0.4, 0.5) is 0 Å². The van der Waals surface area contributed by atoms with E-state index in [0.29, 0.717) is 22.6 Å². The van der Waals surface area contributed by atoms with Crippen LogP contribution in [0.15, 0.2) is 42.5 Å². The molecular formula is C18H14O5. The third kappa shape index (κ3) is 2.61. The van der Waals surface area contributed by atoms with Crippen LogP contribution in [-0.2, 0) is 0 Å². The molecule has 2 aromatic carbocycles. The van der Waals surface area contributed by atoms with Crippen molar-refractivity contribution in [3.63, 3.8) is 0 Å². The van der Waals surface area contributed by atoms with Crippen molar-refractivity contribution >= 4 is 17.3 Å².